The number of benzene rings is 2. The van der Waals surface area contributed by atoms with Gasteiger partial charge in [-0.05, 0) is 24.3 Å². The van der Waals surface area contributed by atoms with E-state index in [9.17, 15) is 14.7 Å². The van der Waals surface area contributed by atoms with Gasteiger partial charge in [-0.25, -0.2) is 9.48 Å². The number of amides is 1. The zero-order chi connectivity index (χ0) is 17.8. The minimum Gasteiger partial charge on any atom is -0.506 e. The summed E-state index contributed by atoms with van der Waals surface area (Å²) >= 11 is 0. The number of carbonyl (C=O) groups is 2. The quantitative estimate of drug-likeness (QED) is 0.564. The Hall–Kier alpha value is -3.61. The van der Waals surface area contributed by atoms with Crippen molar-refractivity contribution >= 4 is 17.6 Å². The lowest BCUT2D eigenvalue weighted by Crippen LogP contribution is -2.17. The Labute approximate surface area is 143 Å². The van der Waals surface area contributed by atoms with Crippen molar-refractivity contribution in [3.63, 3.8) is 0 Å². The van der Waals surface area contributed by atoms with Gasteiger partial charge in [-0.2, -0.15) is 5.10 Å². The highest BCUT2D eigenvalue weighted by molar-refractivity contribution is 6.05. The van der Waals surface area contributed by atoms with Crippen molar-refractivity contribution in [3.8, 4) is 11.4 Å². The molecule has 2 N–H and O–H groups in total. The van der Waals surface area contributed by atoms with Crippen LogP contribution in [0.2, 0.25) is 0 Å². The number of nitrogens with zero attached hydrogens (tertiary/aromatic N) is 2. The standard InChI is InChI=1S/C18H15N3O4/c1-25-18(24)14-11-15(21(20-14)12-7-3-2-4-8-12)17(23)19-13-9-5-6-10-16(13)22/h2-11,22H,1H3,(H,19,23). The summed E-state index contributed by atoms with van der Waals surface area (Å²) in [5.41, 5.74) is 1.01. The zero-order valence-electron chi connectivity index (χ0n) is 13.3. The molecule has 1 amide bonds. The fraction of sp³-hybridized carbons (Fsp3) is 0.0556. The summed E-state index contributed by atoms with van der Waals surface area (Å²) in [6, 6.07) is 16.6. The molecule has 1 heterocycles. The molecule has 0 aliphatic rings. The highest BCUT2D eigenvalue weighted by Gasteiger charge is 2.21. The Kier molecular flexibility index (Phi) is 4.47. The molecule has 0 aliphatic heterocycles. The van der Waals surface area contributed by atoms with Gasteiger partial charge in [0, 0.05) is 6.07 Å². The number of esters is 1. The average molecular weight is 337 g/mol. The van der Waals surface area contributed by atoms with Crippen LogP contribution in [-0.4, -0.2) is 33.9 Å². The first-order chi connectivity index (χ1) is 12.1. The van der Waals surface area contributed by atoms with Gasteiger partial charge >= 0.3 is 5.97 Å². The number of aromatic hydroxyl groups is 1. The molecule has 0 bridgehead atoms. The number of ether oxygens (including phenoxy) is 1. The minimum atomic E-state index is -0.647. The van der Waals surface area contributed by atoms with Gasteiger partial charge in [-0.1, -0.05) is 30.3 Å². The molecular weight excluding hydrogens is 322 g/mol. The van der Waals surface area contributed by atoms with Gasteiger partial charge in [0.1, 0.15) is 11.4 Å². The topological polar surface area (TPSA) is 93.5 Å². The van der Waals surface area contributed by atoms with Gasteiger partial charge in [0.25, 0.3) is 5.91 Å². The molecule has 0 atom stereocenters. The van der Waals surface area contributed by atoms with Crippen LogP contribution < -0.4 is 5.32 Å². The van der Waals surface area contributed by atoms with E-state index in [0.29, 0.717) is 5.69 Å². The molecule has 1 aromatic heterocycles. The van der Waals surface area contributed by atoms with Gasteiger partial charge in [0.15, 0.2) is 5.69 Å². The number of methoxy groups -OCH3 is 1. The predicted octanol–water partition coefficient (Wildman–Crippen LogP) is 2.62. The molecule has 0 spiro atoms. The van der Waals surface area contributed by atoms with E-state index in [1.54, 1.807) is 42.5 Å². The van der Waals surface area contributed by atoms with Crippen LogP contribution in [0.15, 0.2) is 60.7 Å². The third-order valence-electron chi connectivity index (χ3n) is 3.49. The molecule has 126 valence electrons. The number of rotatable bonds is 4. The minimum absolute atomic E-state index is 0.00814. The molecule has 0 radical (unpaired) electrons. The lowest BCUT2D eigenvalue weighted by atomic mass is 10.2. The van der Waals surface area contributed by atoms with Crippen LogP contribution in [-0.2, 0) is 4.74 Å². The summed E-state index contributed by atoms with van der Waals surface area (Å²) in [6.07, 6.45) is 0. The fourth-order valence-electron chi connectivity index (χ4n) is 2.28. The number of anilines is 1. The Balaban J connectivity index is 2.02. The highest BCUT2D eigenvalue weighted by atomic mass is 16.5. The van der Waals surface area contributed by atoms with Gasteiger partial charge in [-0.3, -0.25) is 4.79 Å². The molecule has 3 rings (SSSR count). The Morgan fingerprint density at radius 3 is 2.44 bits per heavy atom. The summed E-state index contributed by atoms with van der Waals surface area (Å²) in [7, 11) is 1.24. The van der Waals surface area contributed by atoms with Crippen molar-refractivity contribution in [2.45, 2.75) is 0 Å². The van der Waals surface area contributed by atoms with E-state index in [1.807, 2.05) is 6.07 Å². The molecule has 7 heteroatoms. The van der Waals surface area contributed by atoms with Crippen LogP contribution in [0.4, 0.5) is 5.69 Å². The molecule has 3 aromatic rings. The third kappa shape index (κ3) is 3.35. The fourth-order valence-corrected chi connectivity index (χ4v) is 2.28. The van der Waals surface area contributed by atoms with Crippen molar-refractivity contribution in [1.29, 1.82) is 0 Å². The maximum atomic E-state index is 12.6. The first-order valence-corrected chi connectivity index (χ1v) is 7.43. The summed E-state index contributed by atoms with van der Waals surface area (Å²) in [5, 5.41) is 16.6. The van der Waals surface area contributed by atoms with Crippen molar-refractivity contribution in [1.82, 2.24) is 9.78 Å². The third-order valence-corrected chi connectivity index (χ3v) is 3.49. The average Bonchev–Trinajstić information content (AvgIpc) is 3.09. The lowest BCUT2D eigenvalue weighted by molar-refractivity contribution is 0.0593. The number of aromatic nitrogens is 2. The second-order valence-electron chi connectivity index (χ2n) is 5.13. The van der Waals surface area contributed by atoms with Crippen molar-refractivity contribution in [3.05, 3.63) is 72.1 Å². The Morgan fingerprint density at radius 2 is 1.76 bits per heavy atom. The smallest absolute Gasteiger partial charge is 0.358 e. The number of para-hydroxylation sites is 3. The van der Waals surface area contributed by atoms with E-state index in [4.69, 9.17) is 0 Å². The van der Waals surface area contributed by atoms with Crippen LogP contribution in [0.5, 0.6) is 5.75 Å². The molecule has 0 fully saturated rings. The van der Waals surface area contributed by atoms with Gasteiger partial charge < -0.3 is 15.2 Å². The van der Waals surface area contributed by atoms with Gasteiger partial charge in [-0.15, -0.1) is 0 Å². The maximum Gasteiger partial charge on any atom is 0.358 e. The maximum absolute atomic E-state index is 12.6. The molecule has 0 saturated heterocycles. The molecular formula is C18H15N3O4. The molecule has 0 aliphatic carbocycles. The SMILES string of the molecule is COC(=O)c1cc(C(=O)Nc2ccccc2O)n(-c2ccccc2)n1. The zero-order valence-corrected chi connectivity index (χ0v) is 13.3. The monoisotopic (exact) mass is 337 g/mol. The van der Waals surface area contributed by atoms with Gasteiger partial charge in [0.2, 0.25) is 0 Å². The van der Waals surface area contributed by atoms with Crippen LogP contribution in [0.25, 0.3) is 5.69 Å². The molecule has 0 unspecified atom stereocenters. The number of nitrogens with one attached hydrogen (secondary N) is 1. The van der Waals surface area contributed by atoms with Crippen molar-refractivity contribution in [2.24, 2.45) is 0 Å². The summed E-state index contributed by atoms with van der Waals surface area (Å²) in [6.45, 7) is 0. The van der Waals surface area contributed by atoms with Crippen LogP contribution in [0, 0.1) is 0 Å². The first-order valence-electron chi connectivity index (χ1n) is 7.43. The summed E-state index contributed by atoms with van der Waals surface area (Å²) in [5.74, 6) is -1.23. The Bertz CT molecular complexity index is 919. The van der Waals surface area contributed by atoms with Crippen LogP contribution >= 0.6 is 0 Å². The molecule has 2 aromatic carbocycles. The first kappa shape index (κ1) is 16.3. The van der Waals surface area contributed by atoms with E-state index in [-0.39, 0.29) is 22.8 Å². The predicted molar refractivity (Wildman–Crippen MR) is 91.0 cm³/mol. The van der Waals surface area contributed by atoms with E-state index < -0.39 is 11.9 Å². The van der Waals surface area contributed by atoms with E-state index in [2.05, 4.69) is 15.2 Å². The number of carbonyl (C=O) groups excluding carboxylic acids is 2. The molecule has 0 saturated carbocycles. The van der Waals surface area contributed by atoms with Crippen LogP contribution in [0.3, 0.4) is 0 Å². The number of hydrogen-bond donors (Lipinski definition) is 2. The van der Waals surface area contributed by atoms with Crippen molar-refractivity contribution < 1.29 is 19.4 Å². The van der Waals surface area contributed by atoms with Crippen LogP contribution in [0.1, 0.15) is 21.0 Å². The molecule has 25 heavy (non-hydrogen) atoms. The second-order valence-corrected chi connectivity index (χ2v) is 5.13. The number of hydrogen-bond acceptors (Lipinski definition) is 5. The highest BCUT2D eigenvalue weighted by Crippen LogP contribution is 2.23. The van der Waals surface area contributed by atoms with E-state index >= 15 is 0 Å². The van der Waals surface area contributed by atoms with E-state index in [0.717, 1.165) is 0 Å². The van der Waals surface area contributed by atoms with Crippen molar-refractivity contribution in [2.75, 3.05) is 12.4 Å². The normalized spacial score (nSPS) is 10.3. The Morgan fingerprint density at radius 1 is 1.08 bits per heavy atom. The number of phenols is 1. The molecule has 7 nitrogen and oxygen atoms in total. The number of phenolic OH excluding ortho intramolecular Hbond substituents is 1. The second kappa shape index (κ2) is 6.88. The van der Waals surface area contributed by atoms with E-state index in [1.165, 1.54) is 23.9 Å². The summed E-state index contributed by atoms with van der Waals surface area (Å²) in [4.78, 5) is 24.4. The largest absolute Gasteiger partial charge is 0.506 e. The summed E-state index contributed by atoms with van der Waals surface area (Å²) < 4.78 is 6.02. The van der Waals surface area contributed by atoms with Gasteiger partial charge in [0.05, 0.1) is 18.5 Å². The lowest BCUT2D eigenvalue weighted by Gasteiger charge is -2.09.